The van der Waals surface area contributed by atoms with Gasteiger partial charge < -0.3 is 59.3 Å². The van der Waals surface area contributed by atoms with Crippen molar-refractivity contribution in [3.8, 4) is 0 Å². The first-order chi connectivity index (χ1) is 57.4. The number of H-pyrrole nitrogens is 5. The summed E-state index contributed by atoms with van der Waals surface area (Å²) >= 11 is 30.9. The third-order valence-corrected chi connectivity index (χ3v) is 24.4. The van der Waals surface area contributed by atoms with Crippen LogP contribution in [0.3, 0.4) is 0 Å². The van der Waals surface area contributed by atoms with Crippen LogP contribution in [-0.2, 0) is 59.8 Å². The van der Waals surface area contributed by atoms with Crippen LogP contribution >= 0.6 is 58.0 Å². The molecule has 2 unspecified atom stereocenters. The number of hydrogen-bond acceptors (Lipinski definition) is 18. The third-order valence-electron chi connectivity index (χ3n) is 23.2. The summed E-state index contributed by atoms with van der Waals surface area (Å²) in [6.07, 6.45) is 8.33. The number of nitrogens with one attached hydrogen (secondary N) is 9. The summed E-state index contributed by atoms with van der Waals surface area (Å²) in [6.45, 7) is 20.0. The van der Waals surface area contributed by atoms with Crippen LogP contribution in [0.15, 0.2) is 115 Å². The number of aromatic nitrogens is 15. The molecular weight excluding hydrogens is 1620 g/mol. The molecule has 0 bridgehead atoms. The molecule has 119 heavy (non-hydrogen) atoms. The smallest absolute Gasteiger partial charge is 0.262 e. The van der Waals surface area contributed by atoms with E-state index in [1.165, 1.54) is 0 Å². The molecule has 10 aromatic heterocycles. The zero-order valence-electron chi connectivity index (χ0n) is 67.4. The molecule has 4 aliphatic rings. The summed E-state index contributed by atoms with van der Waals surface area (Å²) in [7, 11) is 3.31. The molecule has 15 aromatic rings. The lowest BCUT2D eigenvalue weighted by Crippen LogP contribution is -2.45. The van der Waals surface area contributed by atoms with Crippen molar-refractivity contribution >= 4 is 173 Å². The number of piperidine rings is 2. The minimum Gasteiger partial charge on any atom is -0.384 e. The topological polar surface area (TPSA) is 363 Å². The standard InChI is InChI=1S/2C19H23ClN4O2.C17H17ClN4O2.C16H19ClN4O.C15H15ClN4O/c2*1-26-8-6-15-17-18(23-22-15)14-9-13(20)4-5-16(14)24(19(17)25)11-12-3-2-7-21-10-12;1-9-15-16(21-20-9)11-7-10(18)4-5-13(11)22(17(15)24)8-14(23)12-3-2-6-19-12;1-9-13-14(20-19-9)11-8-10(17)4-5-12(11)21(15(13)22)7-6-16(2,3)18;1-8-13-14(19-18-8)11-4-10(16)2-3-12(11)20(15(13)21)7-9-5-17-6-9/h2*4-5,9,12,21H,2-3,6-8,10-11H2,1H3,(H,22,23);4-5,7,12,19H,2-3,6,8H2,1H3,(H,20,21);4-5,8H,6-7,18H2,1-3H3,(H,19,20);2-4,9,17H,5-7H2,1H3,(H,18,19)/t12-;;;;/m0..../s1. The molecule has 4 aliphatic heterocycles. The highest BCUT2D eigenvalue weighted by Gasteiger charge is 2.29. The van der Waals surface area contributed by atoms with Crippen LogP contribution in [-0.4, -0.2) is 164 Å². The summed E-state index contributed by atoms with van der Waals surface area (Å²) in [6, 6.07) is 27.6. The van der Waals surface area contributed by atoms with Gasteiger partial charge in [-0.1, -0.05) is 58.0 Å². The molecule has 0 amide bonds. The zero-order chi connectivity index (χ0) is 83.7. The second kappa shape index (κ2) is 36.3. The van der Waals surface area contributed by atoms with Crippen molar-refractivity contribution < 1.29 is 14.3 Å². The molecule has 0 radical (unpaired) electrons. The van der Waals surface area contributed by atoms with E-state index in [0.717, 1.165) is 163 Å². The van der Waals surface area contributed by atoms with Crippen LogP contribution in [0.25, 0.3) is 109 Å². The van der Waals surface area contributed by atoms with Gasteiger partial charge in [0.25, 0.3) is 27.8 Å². The lowest BCUT2D eigenvalue weighted by molar-refractivity contribution is -0.121. The van der Waals surface area contributed by atoms with Crippen molar-refractivity contribution in [2.24, 2.45) is 23.5 Å². The van der Waals surface area contributed by atoms with Gasteiger partial charge in [0.2, 0.25) is 0 Å². The Kier molecular flexibility index (Phi) is 25.8. The van der Waals surface area contributed by atoms with Gasteiger partial charge in [0, 0.05) is 147 Å². The highest BCUT2D eigenvalue weighted by Crippen LogP contribution is 2.34. The number of fused-ring (bicyclic) bond motifs is 15. The van der Waals surface area contributed by atoms with Gasteiger partial charge in [0.05, 0.1) is 91.7 Å². The Labute approximate surface area is 707 Å². The molecule has 3 atom stereocenters. The summed E-state index contributed by atoms with van der Waals surface area (Å²) in [5.41, 5.74) is 17.0. The lowest BCUT2D eigenvalue weighted by Gasteiger charge is -2.28. The second-order valence-electron chi connectivity index (χ2n) is 32.3. The van der Waals surface area contributed by atoms with Crippen molar-refractivity contribution in [3.05, 3.63) is 196 Å². The lowest BCUT2D eigenvalue weighted by atomic mass is 9.99. The summed E-state index contributed by atoms with van der Waals surface area (Å²) < 4.78 is 19.3. The van der Waals surface area contributed by atoms with Crippen LogP contribution < -0.4 is 54.8 Å². The Morgan fingerprint density at radius 2 is 0.765 bits per heavy atom. The number of ketones is 1. The van der Waals surface area contributed by atoms with Crippen LogP contribution in [0.2, 0.25) is 25.1 Å². The van der Waals surface area contributed by atoms with E-state index in [2.05, 4.69) is 72.3 Å². The van der Waals surface area contributed by atoms with Gasteiger partial charge >= 0.3 is 0 Å². The Morgan fingerprint density at radius 1 is 0.437 bits per heavy atom. The molecule has 33 heteroatoms. The maximum Gasteiger partial charge on any atom is 0.262 e. The summed E-state index contributed by atoms with van der Waals surface area (Å²) in [5, 5.41) is 60.3. The molecule has 624 valence electrons. The normalized spacial score (nSPS) is 16.5. The molecule has 28 nitrogen and oxygen atoms in total. The number of methoxy groups -OCH3 is 2. The Hall–Kier alpha value is -9.66. The molecule has 0 aliphatic carbocycles. The molecule has 4 fully saturated rings. The average Bonchev–Trinajstić information content (AvgIpc) is 1.74. The van der Waals surface area contributed by atoms with Crippen LogP contribution in [0.5, 0.6) is 0 Å². The monoisotopic (exact) mass is 1710 g/mol. The number of aryl methyl sites for hydroxylation is 4. The number of ether oxygens (including phenoxy) is 2. The first-order valence-electron chi connectivity index (χ1n) is 40.4. The number of nitrogens with two attached hydrogens (primary N) is 1. The predicted molar refractivity (Wildman–Crippen MR) is 476 cm³/mol. The summed E-state index contributed by atoms with van der Waals surface area (Å²) in [5.74, 6) is 1.44. The Bertz CT molecular complexity index is 6500. The van der Waals surface area contributed by atoms with Crippen molar-refractivity contribution in [1.82, 2.24) is 95.1 Å². The van der Waals surface area contributed by atoms with Crippen molar-refractivity contribution in [1.29, 1.82) is 0 Å². The SMILES string of the molecule is COCCc1[nH]nc2c1c(=O)n(CC1CCCNC1)c1ccc(Cl)cc21.COCCc1[nH]nc2c1c(=O)n(C[C@H]1CCCNC1)c1ccc(Cl)cc21.Cc1[nH]nc2c1c(=O)n(CC(=O)C1CCCN1)c1ccc(Cl)cc21.Cc1[nH]nc2c1c(=O)n(CC1CNC1)c1ccc(Cl)cc21.Cc1[nH]nc2c1c(=O)n(CCC(C)(C)N)c1ccc(Cl)cc21. The van der Waals surface area contributed by atoms with E-state index < -0.39 is 0 Å². The van der Waals surface area contributed by atoms with Crippen molar-refractivity contribution in [2.75, 3.05) is 73.2 Å². The fourth-order valence-electron chi connectivity index (χ4n) is 16.9. The van der Waals surface area contributed by atoms with Crippen LogP contribution in [0, 0.1) is 38.5 Å². The van der Waals surface area contributed by atoms with Crippen LogP contribution in [0.1, 0.15) is 87.3 Å². The molecule has 11 N–H and O–H groups in total. The average molecular weight is 1720 g/mol. The number of Topliss-reactive ketones (excluding diaryl/α,β-unsaturated/α-hetero) is 1. The van der Waals surface area contributed by atoms with Gasteiger partial charge in [-0.2, -0.15) is 25.5 Å². The first-order valence-corrected chi connectivity index (χ1v) is 42.3. The first kappa shape index (κ1) is 84.4. The number of hydrogen-bond donors (Lipinski definition) is 10. The number of pyridine rings is 5. The maximum atomic E-state index is 13.4. The fraction of sp³-hybridized carbons (Fsp3) is 0.407. The molecule has 0 saturated carbocycles. The minimum absolute atomic E-state index is 0.0141. The molecule has 14 heterocycles. The highest BCUT2D eigenvalue weighted by atomic mass is 35.5. The number of rotatable bonds is 18. The predicted octanol–water partition coefficient (Wildman–Crippen LogP) is 12.6. The highest BCUT2D eigenvalue weighted by molar-refractivity contribution is 6.33. The Morgan fingerprint density at radius 3 is 1.11 bits per heavy atom. The number of carbonyl (C=O) groups is 1. The van der Waals surface area contributed by atoms with Gasteiger partial charge in [-0.3, -0.25) is 54.3 Å². The minimum atomic E-state index is -0.335. The third kappa shape index (κ3) is 17.7. The van der Waals surface area contributed by atoms with Gasteiger partial charge in [-0.15, -0.1) is 0 Å². The van der Waals surface area contributed by atoms with Gasteiger partial charge in [-0.05, 0) is 215 Å². The van der Waals surface area contributed by atoms with E-state index in [1.54, 1.807) is 54.5 Å². The molecule has 19 rings (SSSR count). The number of aromatic amines is 5. The van der Waals surface area contributed by atoms with E-state index in [9.17, 15) is 28.8 Å². The van der Waals surface area contributed by atoms with Crippen LogP contribution in [0.4, 0.5) is 0 Å². The van der Waals surface area contributed by atoms with Gasteiger partial charge in [0.1, 0.15) is 27.6 Å². The van der Waals surface area contributed by atoms with Gasteiger partial charge in [0.15, 0.2) is 5.78 Å². The molecular formula is C86H97Cl5N20O8. The van der Waals surface area contributed by atoms with E-state index in [1.807, 2.05) is 108 Å². The quantitative estimate of drug-likeness (QED) is 0.0381. The molecule has 5 aromatic carbocycles. The van der Waals surface area contributed by atoms with E-state index in [-0.39, 0.29) is 51.7 Å². The Balaban J connectivity index is 0.000000116. The van der Waals surface area contributed by atoms with Crippen molar-refractivity contribution in [3.63, 3.8) is 0 Å². The number of carbonyl (C=O) groups excluding carboxylic acids is 1. The zero-order valence-corrected chi connectivity index (χ0v) is 71.2. The molecule has 0 spiro atoms. The number of benzene rings is 5. The fourth-order valence-corrected chi connectivity index (χ4v) is 17.7. The molecule has 4 saturated heterocycles. The second-order valence-corrected chi connectivity index (χ2v) is 34.4. The number of halogens is 5. The maximum absolute atomic E-state index is 13.4. The van der Waals surface area contributed by atoms with Gasteiger partial charge in [-0.25, -0.2) is 0 Å². The van der Waals surface area contributed by atoms with E-state index in [0.29, 0.717) is 161 Å². The van der Waals surface area contributed by atoms with E-state index in [4.69, 9.17) is 73.2 Å². The van der Waals surface area contributed by atoms with E-state index >= 15 is 0 Å². The number of nitrogens with zero attached hydrogens (tertiary/aromatic N) is 10. The van der Waals surface area contributed by atoms with Crippen molar-refractivity contribution in [2.45, 2.75) is 137 Å². The summed E-state index contributed by atoms with van der Waals surface area (Å²) in [4.78, 5) is 77.9. The largest absolute Gasteiger partial charge is 0.384 e.